The molecule has 0 radical (unpaired) electrons. The van der Waals surface area contributed by atoms with Crippen LogP contribution < -0.4 is 70.6 Å². The zero-order chi connectivity index (χ0) is 28.7. The Kier molecular flexibility index (Phi) is 10.7. The Hall–Kier alpha value is -2.76. The van der Waals surface area contributed by atoms with E-state index in [-0.39, 0.29) is 102 Å². The van der Waals surface area contributed by atoms with Gasteiger partial charge in [0.2, 0.25) is 0 Å². The van der Waals surface area contributed by atoms with Gasteiger partial charge < -0.3 is 20.6 Å². The zero-order valence-electron chi connectivity index (χ0n) is 22.3. The first-order valence-corrected chi connectivity index (χ1v) is 14.2. The van der Waals surface area contributed by atoms with E-state index in [4.69, 9.17) is 11.5 Å². The molecule has 0 aliphatic heterocycles. The number of fused-ring (bicyclic) bond motifs is 2. The van der Waals surface area contributed by atoms with Crippen LogP contribution in [0.5, 0.6) is 0 Å². The molecule has 0 unspecified atom stereocenters. The number of rotatable bonds is 6. The van der Waals surface area contributed by atoms with Gasteiger partial charge in [0.1, 0.15) is 31.6 Å². The molecule has 5 aromatic rings. The quantitative estimate of drug-likeness (QED) is 0.112. The number of hydrogen-bond acceptors (Lipinski definition) is 12. The molecule has 0 bridgehead atoms. The van der Waals surface area contributed by atoms with Crippen LogP contribution in [0.2, 0.25) is 0 Å². The van der Waals surface area contributed by atoms with Gasteiger partial charge in [0.15, 0.2) is 0 Å². The van der Waals surface area contributed by atoms with Gasteiger partial charge in [-0.05, 0) is 36.4 Å². The van der Waals surface area contributed by atoms with E-state index in [1.54, 1.807) is 36.4 Å². The molecule has 0 aliphatic rings. The van der Waals surface area contributed by atoms with Crippen LogP contribution in [0.4, 0.5) is 34.1 Å². The molecule has 0 aromatic heterocycles. The third-order valence-electron chi connectivity index (χ3n) is 5.97. The average molecular weight is 621 g/mol. The van der Waals surface area contributed by atoms with Crippen molar-refractivity contribution in [2.24, 2.45) is 20.5 Å². The van der Waals surface area contributed by atoms with E-state index < -0.39 is 20.2 Å². The molecule has 202 valence electrons. The van der Waals surface area contributed by atoms with Gasteiger partial charge in [-0.2, -0.15) is 0 Å². The van der Waals surface area contributed by atoms with Gasteiger partial charge in [-0.3, -0.25) is 0 Å². The summed E-state index contributed by atoms with van der Waals surface area (Å²) < 4.78 is 69.9. The first-order chi connectivity index (χ1) is 18.9. The maximum atomic E-state index is 11.7. The van der Waals surface area contributed by atoms with E-state index in [0.29, 0.717) is 22.1 Å². The number of nitrogens with zero attached hydrogens (tertiary/aromatic N) is 4. The summed E-state index contributed by atoms with van der Waals surface area (Å²) in [4.78, 5) is -0.740. The summed E-state index contributed by atoms with van der Waals surface area (Å²) in [5.74, 6) is 0. The van der Waals surface area contributed by atoms with E-state index >= 15 is 0 Å². The number of azo groups is 2. The molecule has 4 N–H and O–H groups in total. The summed E-state index contributed by atoms with van der Waals surface area (Å²) in [5, 5.41) is 18.0. The van der Waals surface area contributed by atoms with E-state index in [2.05, 4.69) is 20.5 Å². The predicted octanol–water partition coefficient (Wildman–Crippen LogP) is -0.196. The van der Waals surface area contributed by atoms with Crippen LogP contribution in [0.3, 0.4) is 0 Å². The third kappa shape index (κ3) is 7.06. The van der Waals surface area contributed by atoms with Crippen molar-refractivity contribution in [3.63, 3.8) is 0 Å². The summed E-state index contributed by atoms with van der Waals surface area (Å²) in [5.41, 5.74) is 13.5. The molecule has 0 aliphatic carbocycles. The normalized spacial score (nSPS) is 12.0. The summed E-state index contributed by atoms with van der Waals surface area (Å²) in [6.07, 6.45) is 0. The number of nitrogens with two attached hydrogens (primary N) is 2. The van der Waals surface area contributed by atoms with Crippen molar-refractivity contribution in [1.82, 2.24) is 0 Å². The SMILES string of the molecule is Nc1cc(N)c(N=Nc2ccc(S(=O)(=O)[O-])c3ccccc23)cc1N=Nc1ccc(S(=O)(=O)[O-])c2ccccc12.[Na+].[Na+]. The molecule has 5 rings (SSSR count). The maximum Gasteiger partial charge on any atom is 1.00 e. The van der Waals surface area contributed by atoms with Crippen LogP contribution in [0, 0.1) is 0 Å². The Morgan fingerprint density at radius 3 is 1.17 bits per heavy atom. The van der Waals surface area contributed by atoms with Crippen LogP contribution >= 0.6 is 0 Å². The van der Waals surface area contributed by atoms with Crippen LogP contribution in [-0.2, 0) is 20.2 Å². The second kappa shape index (κ2) is 13.3. The summed E-state index contributed by atoms with van der Waals surface area (Å²) in [7, 11) is -9.42. The topological polar surface area (TPSA) is 216 Å². The van der Waals surface area contributed by atoms with Gasteiger partial charge in [0.05, 0.1) is 32.5 Å². The molecule has 5 aromatic carbocycles. The first-order valence-electron chi connectivity index (χ1n) is 11.4. The number of anilines is 2. The Morgan fingerprint density at radius 1 is 0.476 bits per heavy atom. The van der Waals surface area contributed by atoms with Crippen LogP contribution in [-0.4, -0.2) is 25.9 Å². The molecular weight excluding hydrogens is 602 g/mol. The molecule has 0 spiro atoms. The molecular formula is C26H18N6Na2O6S2. The van der Waals surface area contributed by atoms with Crippen LogP contribution in [0.1, 0.15) is 0 Å². The van der Waals surface area contributed by atoms with Gasteiger partial charge in [0, 0.05) is 21.5 Å². The third-order valence-corrected chi connectivity index (χ3v) is 7.76. The Labute approximate surface area is 285 Å². The molecule has 0 saturated heterocycles. The minimum absolute atomic E-state index is 0. The van der Waals surface area contributed by atoms with Crippen LogP contribution in [0.25, 0.3) is 21.5 Å². The Bertz CT molecular complexity index is 1960. The van der Waals surface area contributed by atoms with Crippen molar-refractivity contribution in [2.45, 2.75) is 9.79 Å². The summed E-state index contributed by atoms with van der Waals surface area (Å²) in [6.45, 7) is 0. The van der Waals surface area contributed by atoms with Gasteiger partial charge in [-0.1, -0.05) is 48.5 Å². The fourth-order valence-corrected chi connectivity index (χ4v) is 5.49. The monoisotopic (exact) mass is 620 g/mol. The number of nitrogen functional groups attached to an aromatic ring is 2. The molecule has 42 heavy (non-hydrogen) atoms. The smallest absolute Gasteiger partial charge is 0.744 e. The minimum atomic E-state index is -4.71. The van der Waals surface area contributed by atoms with E-state index in [1.807, 2.05) is 0 Å². The second-order valence-electron chi connectivity index (χ2n) is 8.53. The minimum Gasteiger partial charge on any atom is -0.744 e. The van der Waals surface area contributed by atoms with Gasteiger partial charge >= 0.3 is 59.1 Å². The standard InChI is InChI=1S/C26H20N6O6S2.2Na/c27-19-13-20(28)24(32-30-22-10-12-26(40(36,37)38)18-8-4-2-6-16(18)22)14-23(19)31-29-21-9-11-25(39(33,34)35)17-7-3-1-5-15(17)21;;/h1-14H,27-28H2,(H,33,34,35)(H,36,37,38);;/q;2*+1/p-2. The van der Waals surface area contributed by atoms with Gasteiger partial charge in [-0.15, -0.1) is 20.5 Å². The molecule has 0 atom stereocenters. The van der Waals surface area contributed by atoms with Crippen LogP contribution in [0.15, 0.2) is 115 Å². The Balaban J connectivity index is 0.00000242. The molecule has 0 amide bonds. The molecule has 0 saturated carbocycles. The van der Waals surface area contributed by atoms with E-state index in [9.17, 15) is 25.9 Å². The van der Waals surface area contributed by atoms with Gasteiger partial charge in [-0.25, -0.2) is 16.8 Å². The Morgan fingerprint density at radius 2 is 0.810 bits per heavy atom. The van der Waals surface area contributed by atoms with Crippen molar-refractivity contribution in [1.29, 1.82) is 0 Å². The van der Waals surface area contributed by atoms with Crippen molar-refractivity contribution in [3.05, 3.63) is 84.9 Å². The first kappa shape index (κ1) is 33.7. The second-order valence-corrected chi connectivity index (χ2v) is 11.2. The van der Waals surface area contributed by atoms with Gasteiger partial charge in [0.25, 0.3) is 0 Å². The van der Waals surface area contributed by atoms with Crippen molar-refractivity contribution in [2.75, 3.05) is 11.5 Å². The van der Waals surface area contributed by atoms with E-state index in [1.165, 1.54) is 48.5 Å². The van der Waals surface area contributed by atoms with Crippen molar-refractivity contribution < 1.29 is 85.1 Å². The van der Waals surface area contributed by atoms with E-state index in [0.717, 1.165) is 0 Å². The molecule has 16 heteroatoms. The predicted molar refractivity (Wildman–Crippen MR) is 147 cm³/mol. The molecule has 12 nitrogen and oxygen atoms in total. The number of benzene rings is 5. The average Bonchev–Trinajstić information content (AvgIpc) is 2.90. The summed E-state index contributed by atoms with van der Waals surface area (Å²) in [6, 6.07) is 20.7. The molecule has 0 fully saturated rings. The van der Waals surface area contributed by atoms with Crippen molar-refractivity contribution >= 4 is 75.9 Å². The van der Waals surface area contributed by atoms with Crippen molar-refractivity contribution in [3.8, 4) is 0 Å². The zero-order valence-corrected chi connectivity index (χ0v) is 27.9. The maximum absolute atomic E-state index is 11.7. The number of hydrogen-bond donors (Lipinski definition) is 2. The fraction of sp³-hybridized carbons (Fsp3) is 0. The molecule has 0 heterocycles. The largest absolute Gasteiger partial charge is 1.00 e. The summed E-state index contributed by atoms with van der Waals surface area (Å²) >= 11 is 0. The fourth-order valence-electron chi connectivity index (χ4n) is 4.12.